The van der Waals surface area contributed by atoms with Gasteiger partial charge in [-0.3, -0.25) is 0 Å². The summed E-state index contributed by atoms with van der Waals surface area (Å²) in [5.74, 6) is 1.14. The van der Waals surface area contributed by atoms with Crippen molar-refractivity contribution < 1.29 is 4.74 Å². The fraction of sp³-hybridized carbons (Fsp3) is 0.833. The lowest BCUT2D eigenvalue weighted by Crippen LogP contribution is -2.29. The summed E-state index contributed by atoms with van der Waals surface area (Å²) in [5.41, 5.74) is 0.225. The molecular weight excluding hydrogens is 202 g/mol. The first-order chi connectivity index (χ1) is 7.76. The number of methoxy groups -OCH3 is 1. The highest BCUT2D eigenvalue weighted by Crippen LogP contribution is 2.37. The van der Waals surface area contributed by atoms with Gasteiger partial charge in [-0.05, 0) is 12.8 Å². The average molecular weight is 223 g/mol. The van der Waals surface area contributed by atoms with Gasteiger partial charge >= 0.3 is 0 Å². The Bertz CT molecular complexity index is 329. The molecule has 0 aromatic carbocycles. The van der Waals surface area contributed by atoms with Crippen LogP contribution in [0.3, 0.4) is 0 Å². The first-order valence-electron chi connectivity index (χ1n) is 6.13. The van der Waals surface area contributed by atoms with E-state index < -0.39 is 0 Å². The molecule has 90 valence electrons. The highest BCUT2D eigenvalue weighted by atomic mass is 16.5. The van der Waals surface area contributed by atoms with Gasteiger partial charge in [-0.1, -0.05) is 26.2 Å². The number of nitrogens with zero attached hydrogens (tertiary/aromatic N) is 3. The molecule has 0 unspecified atom stereocenters. The maximum atomic E-state index is 5.11. The lowest BCUT2D eigenvalue weighted by atomic mass is 9.75. The summed E-state index contributed by atoms with van der Waals surface area (Å²) in [6.07, 6.45) is 8.29. The molecule has 4 nitrogen and oxygen atoms in total. The first-order valence-corrected chi connectivity index (χ1v) is 6.13. The maximum Gasteiger partial charge on any atom is 0.138 e. The molecule has 2 rings (SSSR count). The third kappa shape index (κ3) is 2.26. The van der Waals surface area contributed by atoms with Gasteiger partial charge in [-0.2, -0.15) is 0 Å². The second-order valence-electron chi connectivity index (χ2n) is 4.96. The van der Waals surface area contributed by atoms with E-state index in [4.69, 9.17) is 4.74 Å². The van der Waals surface area contributed by atoms with E-state index in [-0.39, 0.29) is 5.41 Å². The van der Waals surface area contributed by atoms with Gasteiger partial charge in [-0.15, -0.1) is 10.2 Å². The van der Waals surface area contributed by atoms with Gasteiger partial charge in [0.1, 0.15) is 12.2 Å². The van der Waals surface area contributed by atoms with E-state index in [2.05, 4.69) is 21.7 Å². The Morgan fingerprint density at radius 2 is 2.12 bits per heavy atom. The van der Waals surface area contributed by atoms with E-state index in [1.54, 1.807) is 7.11 Å². The molecule has 0 spiro atoms. The van der Waals surface area contributed by atoms with Gasteiger partial charge in [-0.25, -0.2) is 0 Å². The van der Waals surface area contributed by atoms with Crippen LogP contribution < -0.4 is 0 Å². The molecular formula is C12H21N3O. The van der Waals surface area contributed by atoms with Crippen molar-refractivity contribution in [1.82, 2.24) is 14.8 Å². The quantitative estimate of drug-likeness (QED) is 0.785. The highest BCUT2D eigenvalue weighted by molar-refractivity contribution is 5.07. The van der Waals surface area contributed by atoms with Crippen LogP contribution in [0.1, 0.15) is 44.9 Å². The summed E-state index contributed by atoms with van der Waals surface area (Å²) in [5, 5.41) is 8.37. The van der Waals surface area contributed by atoms with Gasteiger partial charge < -0.3 is 9.30 Å². The second-order valence-corrected chi connectivity index (χ2v) is 4.96. The minimum absolute atomic E-state index is 0.225. The summed E-state index contributed by atoms with van der Waals surface area (Å²) in [4.78, 5) is 0. The van der Waals surface area contributed by atoms with E-state index >= 15 is 0 Å². The van der Waals surface area contributed by atoms with Crippen LogP contribution in [0, 0.1) is 0 Å². The molecule has 1 saturated carbocycles. The Balaban J connectivity index is 2.15. The van der Waals surface area contributed by atoms with Crippen molar-refractivity contribution >= 4 is 0 Å². The molecule has 1 aliphatic rings. The number of ether oxygens (including phenoxy) is 1. The van der Waals surface area contributed by atoms with E-state index in [9.17, 15) is 0 Å². The molecule has 1 aliphatic carbocycles. The first kappa shape index (κ1) is 11.6. The molecule has 1 aromatic rings. The van der Waals surface area contributed by atoms with Crippen LogP contribution in [0.4, 0.5) is 0 Å². The number of aromatic nitrogens is 3. The van der Waals surface area contributed by atoms with E-state index in [1.165, 1.54) is 32.1 Å². The van der Waals surface area contributed by atoms with Crippen molar-refractivity contribution in [3.05, 3.63) is 12.2 Å². The molecule has 1 fully saturated rings. The van der Waals surface area contributed by atoms with Crippen LogP contribution >= 0.6 is 0 Å². The van der Waals surface area contributed by atoms with Gasteiger partial charge in [0.05, 0.1) is 6.61 Å². The van der Waals surface area contributed by atoms with Crippen LogP contribution in [0.25, 0.3) is 0 Å². The zero-order valence-electron chi connectivity index (χ0n) is 10.3. The number of rotatable bonds is 4. The number of hydrogen-bond donors (Lipinski definition) is 0. The fourth-order valence-corrected chi connectivity index (χ4v) is 2.63. The van der Waals surface area contributed by atoms with Crippen LogP contribution in [0.5, 0.6) is 0 Å². The molecule has 0 bridgehead atoms. The largest absolute Gasteiger partial charge is 0.383 e. The Hall–Kier alpha value is -0.900. The molecule has 0 atom stereocenters. The molecule has 1 heterocycles. The Morgan fingerprint density at radius 1 is 1.38 bits per heavy atom. The Labute approximate surface area is 97.0 Å². The van der Waals surface area contributed by atoms with Gasteiger partial charge in [0.25, 0.3) is 0 Å². The summed E-state index contributed by atoms with van der Waals surface area (Å²) in [7, 11) is 1.73. The standard InChI is InChI=1S/C12H21N3O/c1-12(6-4-3-5-7-12)11-14-13-10-15(11)8-9-16-2/h10H,3-9H2,1-2H3. The second kappa shape index (κ2) is 4.95. The minimum Gasteiger partial charge on any atom is -0.383 e. The molecule has 16 heavy (non-hydrogen) atoms. The highest BCUT2D eigenvalue weighted by Gasteiger charge is 2.33. The summed E-state index contributed by atoms with van der Waals surface area (Å²) >= 11 is 0. The van der Waals surface area contributed by atoms with Crippen molar-refractivity contribution in [2.75, 3.05) is 13.7 Å². The monoisotopic (exact) mass is 223 g/mol. The maximum absolute atomic E-state index is 5.11. The van der Waals surface area contributed by atoms with Crippen molar-refractivity contribution in [2.45, 2.75) is 51.0 Å². The lowest BCUT2D eigenvalue weighted by Gasteiger charge is -2.32. The van der Waals surface area contributed by atoms with Gasteiger partial charge in [0.2, 0.25) is 0 Å². The van der Waals surface area contributed by atoms with Gasteiger partial charge in [0, 0.05) is 19.1 Å². The summed E-state index contributed by atoms with van der Waals surface area (Å²) in [6.45, 7) is 3.90. The van der Waals surface area contributed by atoms with Crippen molar-refractivity contribution in [1.29, 1.82) is 0 Å². The molecule has 0 N–H and O–H groups in total. The van der Waals surface area contributed by atoms with Crippen LogP contribution in [0.2, 0.25) is 0 Å². The van der Waals surface area contributed by atoms with Crippen LogP contribution in [0.15, 0.2) is 6.33 Å². The van der Waals surface area contributed by atoms with Gasteiger partial charge in [0.15, 0.2) is 0 Å². The smallest absolute Gasteiger partial charge is 0.138 e. The van der Waals surface area contributed by atoms with E-state index in [1.807, 2.05) is 6.33 Å². The topological polar surface area (TPSA) is 39.9 Å². The summed E-state index contributed by atoms with van der Waals surface area (Å²) in [6, 6.07) is 0. The number of hydrogen-bond acceptors (Lipinski definition) is 3. The molecule has 0 amide bonds. The predicted octanol–water partition coefficient (Wildman–Crippen LogP) is 2.15. The Morgan fingerprint density at radius 3 is 2.81 bits per heavy atom. The average Bonchev–Trinajstić information content (AvgIpc) is 2.76. The SMILES string of the molecule is COCCn1cnnc1C1(C)CCCCC1. The van der Waals surface area contributed by atoms with E-state index in [0.29, 0.717) is 0 Å². The van der Waals surface area contributed by atoms with Crippen LogP contribution in [-0.4, -0.2) is 28.5 Å². The third-order valence-electron chi connectivity index (χ3n) is 3.65. The predicted molar refractivity (Wildman–Crippen MR) is 62.3 cm³/mol. The summed E-state index contributed by atoms with van der Waals surface area (Å²) < 4.78 is 7.26. The third-order valence-corrected chi connectivity index (χ3v) is 3.65. The normalized spacial score (nSPS) is 19.9. The van der Waals surface area contributed by atoms with Crippen molar-refractivity contribution in [3.8, 4) is 0 Å². The molecule has 0 saturated heterocycles. The fourth-order valence-electron chi connectivity index (χ4n) is 2.63. The molecule has 0 radical (unpaired) electrons. The molecule has 4 heteroatoms. The zero-order valence-corrected chi connectivity index (χ0v) is 10.3. The van der Waals surface area contributed by atoms with Crippen LogP contribution in [-0.2, 0) is 16.7 Å². The zero-order chi connectivity index (χ0) is 11.4. The lowest BCUT2D eigenvalue weighted by molar-refractivity contribution is 0.182. The Kier molecular flexibility index (Phi) is 3.59. The molecule has 1 aromatic heterocycles. The minimum atomic E-state index is 0.225. The van der Waals surface area contributed by atoms with Crippen molar-refractivity contribution in [2.24, 2.45) is 0 Å². The van der Waals surface area contributed by atoms with Crippen molar-refractivity contribution in [3.63, 3.8) is 0 Å². The molecule has 0 aliphatic heterocycles. The van der Waals surface area contributed by atoms with E-state index in [0.717, 1.165) is 19.0 Å².